The third kappa shape index (κ3) is 3.35. The minimum atomic E-state index is -0.594. The number of amides is 2. The molecule has 1 heterocycles. The van der Waals surface area contributed by atoms with E-state index in [1.54, 1.807) is 25.1 Å². The average molecular weight is 403 g/mol. The van der Waals surface area contributed by atoms with Crippen LogP contribution in [0.2, 0.25) is 0 Å². The SMILES string of the molecule is CN(C)C(=O)c1cccc(-c2ccccc2[C@H]2[C@H](C#N)N(C(=O)C3CC3)[C@H]2CO)c1. The molecule has 2 aromatic rings. The van der Waals surface area contributed by atoms with E-state index in [9.17, 15) is 20.0 Å². The first-order valence-corrected chi connectivity index (χ1v) is 10.2. The van der Waals surface area contributed by atoms with E-state index in [1.807, 2.05) is 42.5 Å². The number of rotatable bonds is 5. The molecule has 1 saturated carbocycles. The highest BCUT2D eigenvalue weighted by atomic mass is 16.3. The Bertz CT molecular complexity index is 1020. The fourth-order valence-corrected chi connectivity index (χ4v) is 4.35. The number of nitrogens with zero attached hydrogens (tertiary/aromatic N) is 3. The van der Waals surface area contributed by atoms with E-state index in [4.69, 9.17) is 0 Å². The molecule has 0 bridgehead atoms. The Kier molecular flexibility index (Phi) is 5.31. The van der Waals surface area contributed by atoms with Crippen LogP contribution in [0.25, 0.3) is 11.1 Å². The summed E-state index contributed by atoms with van der Waals surface area (Å²) in [5.74, 6) is -0.373. The lowest BCUT2D eigenvalue weighted by Gasteiger charge is -2.52. The van der Waals surface area contributed by atoms with Crippen LogP contribution >= 0.6 is 0 Å². The second-order valence-electron chi connectivity index (χ2n) is 8.24. The van der Waals surface area contributed by atoms with Crippen LogP contribution in [-0.2, 0) is 4.79 Å². The minimum Gasteiger partial charge on any atom is -0.394 e. The molecular weight excluding hydrogens is 378 g/mol. The number of hydrogen-bond acceptors (Lipinski definition) is 4. The summed E-state index contributed by atoms with van der Waals surface area (Å²) < 4.78 is 0. The molecule has 2 amide bonds. The molecule has 0 radical (unpaired) electrons. The Balaban J connectivity index is 1.72. The number of likely N-dealkylation sites (tertiary alicyclic amines) is 1. The van der Waals surface area contributed by atoms with Crippen molar-refractivity contribution in [3.8, 4) is 17.2 Å². The van der Waals surface area contributed by atoms with Gasteiger partial charge in [0.2, 0.25) is 5.91 Å². The fourth-order valence-electron chi connectivity index (χ4n) is 4.35. The molecule has 0 spiro atoms. The second kappa shape index (κ2) is 7.92. The van der Waals surface area contributed by atoms with Gasteiger partial charge in [0, 0.05) is 31.5 Å². The third-order valence-corrected chi connectivity index (χ3v) is 6.06. The molecule has 0 aromatic heterocycles. The van der Waals surface area contributed by atoms with Gasteiger partial charge in [0.25, 0.3) is 5.91 Å². The van der Waals surface area contributed by atoms with Crippen LogP contribution in [0.4, 0.5) is 0 Å². The number of nitriles is 1. The quantitative estimate of drug-likeness (QED) is 0.832. The van der Waals surface area contributed by atoms with Crippen molar-refractivity contribution in [2.45, 2.75) is 30.8 Å². The predicted octanol–water partition coefficient (Wildman–Crippen LogP) is 2.64. The highest BCUT2D eigenvalue weighted by molar-refractivity contribution is 5.95. The summed E-state index contributed by atoms with van der Waals surface area (Å²) in [5.41, 5.74) is 3.28. The summed E-state index contributed by atoms with van der Waals surface area (Å²) in [6, 6.07) is 16.4. The maximum atomic E-state index is 12.7. The molecule has 2 aliphatic rings. The number of benzene rings is 2. The zero-order chi connectivity index (χ0) is 21.4. The first-order chi connectivity index (χ1) is 14.5. The zero-order valence-electron chi connectivity index (χ0n) is 17.2. The summed E-state index contributed by atoms with van der Waals surface area (Å²) >= 11 is 0. The molecule has 2 fully saturated rings. The smallest absolute Gasteiger partial charge is 0.253 e. The van der Waals surface area contributed by atoms with Crippen molar-refractivity contribution in [2.75, 3.05) is 20.7 Å². The van der Waals surface area contributed by atoms with Gasteiger partial charge in [0.15, 0.2) is 0 Å². The van der Waals surface area contributed by atoms with Crippen molar-refractivity contribution in [1.29, 1.82) is 5.26 Å². The molecule has 1 N–H and O–H groups in total. The van der Waals surface area contributed by atoms with E-state index < -0.39 is 12.1 Å². The molecule has 30 heavy (non-hydrogen) atoms. The van der Waals surface area contributed by atoms with Gasteiger partial charge in [-0.15, -0.1) is 0 Å². The van der Waals surface area contributed by atoms with E-state index in [0.29, 0.717) is 5.56 Å². The van der Waals surface area contributed by atoms with Gasteiger partial charge in [-0.05, 0) is 41.7 Å². The van der Waals surface area contributed by atoms with E-state index in [1.165, 1.54) is 4.90 Å². The highest BCUT2D eigenvalue weighted by Crippen LogP contribution is 2.46. The van der Waals surface area contributed by atoms with Crippen LogP contribution in [0.3, 0.4) is 0 Å². The van der Waals surface area contributed by atoms with E-state index in [-0.39, 0.29) is 30.3 Å². The Morgan fingerprint density at radius 3 is 2.53 bits per heavy atom. The van der Waals surface area contributed by atoms with Gasteiger partial charge < -0.3 is 14.9 Å². The Labute approximate surface area is 176 Å². The molecule has 2 aromatic carbocycles. The Morgan fingerprint density at radius 2 is 1.90 bits per heavy atom. The number of aliphatic hydroxyl groups is 1. The largest absolute Gasteiger partial charge is 0.394 e. The Hall–Kier alpha value is -3.17. The first kappa shape index (κ1) is 20.1. The minimum absolute atomic E-state index is 0.000166. The van der Waals surface area contributed by atoms with Crippen LogP contribution in [-0.4, -0.2) is 59.5 Å². The number of carbonyl (C=O) groups excluding carboxylic acids is 2. The molecule has 6 heteroatoms. The molecule has 3 atom stereocenters. The molecule has 6 nitrogen and oxygen atoms in total. The standard InChI is InChI=1S/C24H25N3O3/c1-26(2)23(29)17-7-5-6-16(12-17)18-8-3-4-9-19(18)22-20(13-25)27(21(22)14-28)24(30)15-10-11-15/h3-9,12,15,20-22,28H,10-11,14H2,1-2H3/t20-,21-,22-/m0/s1. The van der Waals surface area contributed by atoms with E-state index in [2.05, 4.69) is 6.07 Å². The molecule has 0 unspecified atom stereocenters. The monoisotopic (exact) mass is 403 g/mol. The van der Waals surface area contributed by atoms with Crippen molar-refractivity contribution in [3.05, 3.63) is 59.7 Å². The van der Waals surface area contributed by atoms with Gasteiger partial charge in [-0.2, -0.15) is 5.26 Å². The second-order valence-corrected chi connectivity index (χ2v) is 8.24. The molecule has 1 saturated heterocycles. The summed E-state index contributed by atoms with van der Waals surface area (Å²) in [6.45, 7) is -0.186. The summed E-state index contributed by atoms with van der Waals surface area (Å²) in [6.07, 6.45) is 1.72. The lowest BCUT2D eigenvalue weighted by atomic mass is 9.73. The van der Waals surface area contributed by atoms with Crippen molar-refractivity contribution < 1.29 is 14.7 Å². The highest BCUT2D eigenvalue weighted by Gasteiger charge is 2.54. The topological polar surface area (TPSA) is 84.6 Å². The molecular formula is C24H25N3O3. The van der Waals surface area contributed by atoms with Crippen molar-refractivity contribution in [1.82, 2.24) is 9.80 Å². The zero-order valence-corrected chi connectivity index (χ0v) is 17.2. The molecule has 1 aliphatic carbocycles. The number of carbonyl (C=O) groups is 2. The van der Waals surface area contributed by atoms with Gasteiger partial charge in [0.05, 0.1) is 18.7 Å². The maximum Gasteiger partial charge on any atom is 0.253 e. The molecule has 154 valence electrons. The number of hydrogen-bond donors (Lipinski definition) is 1. The summed E-state index contributed by atoms with van der Waals surface area (Å²) in [4.78, 5) is 28.2. The van der Waals surface area contributed by atoms with E-state index >= 15 is 0 Å². The van der Waals surface area contributed by atoms with Gasteiger partial charge in [-0.25, -0.2) is 0 Å². The average Bonchev–Trinajstić information content (AvgIpc) is 3.59. The lowest BCUT2D eigenvalue weighted by Crippen LogP contribution is -2.65. The van der Waals surface area contributed by atoms with Gasteiger partial charge in [-0.3, -0.25) is 9.59 Å². The number of aliphatic hydroxyl groups excluding tert-OH is 1. The predicted molar refractivity (Wildman–Crippen MR) is 112 cm³/mol. The van der Waals surface area contributed by atoms with Crippen LogP contribution in [0.5, 0.6) is 0 Å². The normalized spacial score (nSPS) is 22.7. The van der Waals surface area contributed by atoms with Gasteiger partial charge in [-0.1, -0.05) is 36.4 Å². The fraction of sp³-hybridized carbons (Fsp3) is 0.375. The Morgan fingerprint density at radius 1 is 1.17 bits per heavy atom. The van der Waals surface area contributed by atoms with Crippen LogP contribution in [0.1, 0.15) is 34.7 Å². The third-order valence-electron chi connectivity index (χ3n) is 6.06. The van der Waals surface area contributed by atoms with Crippen LogP contribution < -0.4 is 0 Å². The van der Waals surface area contributed by atoms with Crippen LogP contribution in [0, 0.1) is 17.2 Å². The van der Waals surface area contributed by atoms with Crippen LogP contribution in [0.15, 0.2) is 48.5 Å². The van der Waals surface area contributed by atoms with Crippen molar-refractivity contribution >= 4 is 11.8 Å². The van der Waals surface area contributed by atoms with Gasteiger partial charge >= 0.3 is 0 Å². The summed E-state index contributed by atoms with van der Waals surface area (Å²) in [5, 5.41) is 19.9. The molecule has 4 rings (SSSR count). The lowest BCUT2D eigenvalue weighted by molar-refractivity contribution is -0.148. The first-order valence-electron chi connectivity index (χ1n) is 10.2. The summed E-state index contributed by atoms with van der Waals surface area (Å²) in [7, 11) is 3.43. The van der Waals surface area contributed by atoms with E-state index in [0.717, 1.165) is 29.5 Å². The molecule has 1 aliphatic heterocycles. The van der Waals surface area contributed by atoms with Gasteiger partial charge in [0.1, 0.15) is 6.04 Å². The van der Waals surface area contributed by atoms with Crippen molar-refractivity contribution in [2.24, 2.45) is 5.92 Å². The van der Waals surface area contributed by atoms with Crippen molar-refractivity contribution in [3.63, 3.8) is 0 Å². The maximum absolute atomic E-state index is 12.7.